The zero-order chi connectivity index (χ0) is 22.7. The highest BCUT2D eigenvalue weighted by Crippen LogP contribution is 2.34. The lowest BCUT2D eigenvalue weighted by Crippen LogP contribution is -2.56. The van der Waals surface area contributed by atoms with Gasteiger partial charge in [-0.1, -0.05) is 0 Å². The Morgan fingerprint density at radius 1 is 1.25 bits per heavy atom. The molecule has 4 heterocycles. The molecule has 32 heavy (non-hydrogen) atoms. The van der Waals surface area contributed by atoms with Crippen LogP contribution in [0.2, 0.25) is 0 Å². The van der Waals surface area contributed by atoms with Crippen molar-refractivity contribution in [2.45, 2.75) is 37.5 Å². The minimum absolute atomic E-state index is 0.0895. The molecule has 0 N–H and O–H groups in total. The van der Waals surface area contributed by atoms with Crippen LogP contribution in [0.5, 0.6) is 5.75 Å². The molecule has 8 nitrogen and oxygen atoms in total. The smallest absolute Gasteiger partial charge is 0.268 e. The molecule has 2 saturated heterocycles. The van der Waals surface area contributed by atoms with Crippen LogP contribution in [0.15, 0.2) is 36.8 Å². The maximum atomic E-state index is 13.6. The van der Waals surface area contributed by atoms with Crippen LogP contribution in [0.1, 0.15) is 30.1 Å². The minimum atomic E-state index is -2.81. The zero-order valence-corrected chi connectivity index (χ0v) is 17.5. The standard InChI is InChI=1S/C22H23F2N5O3/c1-31-18-6-15(9-26-10-18)21(22(23)24)32-13-20(30)28-11-16-3-4-17(12-28)29(16)19-5-2-14(7-25)8-27-19/h2,5-6,8-10,16-17,21-22H,3-4,11-13H2,1H3/t16-,17?,21?/m0/s1. The van der Waals surface area contributed by atoms with Gasteiger partial charge in [-0.05, 0) is 31.0 Å². The molecule has 0 aliphatic carbocycles. The van der Waals surface area contributed by atoms with Crippen LogP contribution in [0.4, 0.5) is 14.6 Å². The number of aromatic nitrogens is 2. The average Bonchev–Trinajstić information content (AvgIpc) is 3.07. The van der Waals surface area contributed by atoms with Gasteiger partial charge in [0.1, 0.15) is 30.3 Å². The summed E-state index contributed by atoms with van der Waals surface area (Å²) in [5, 5.41) is 8.96. The summed E-state index contributed by atoms with van der Waals surface area (Å²) in [4.78, 5) is 24.9. The largest absolute Gasteiger partial charge is 0.495 e. The van der Waals surface area contributed by atoms with Gasteiger partial charge in [-0.2, -0.15) is 5.26 Å². The number of likely N-dealkylation sites (tertiary alicyclic amines) is 1. The summed E-state index contributed by atoms with van der Waals surface area (Å²) in [5.74, 6) is 0.797. The van der Waals surface area contributed by atoms with Crippen LogP contribution in [-0.4, -0.2) is 66.1 Å². The van der Waals surface area contributed by atoms with E-state index in [9.17, 15) is 13.6 Å². The lowest BCUT2D eigenvalue weighted by atomic mass is 10.1. The molecular weight excluding hydrogens is 420 g/mol. The fourth-order valence-electron chi connectivity index (χ4n) is 4.36. The predicted molar refractivity (Wildman–Crippen MR) is 110 cm³/mol. The number of hydrogen-bond acceptors (Lipinski definition) is 7. The van der Waals surface area contributed by atoms with E-state index < -0.39 is 19.1 Å². The number of methoxy groups -OCH3 is 1. The number of nitriles is 1. The molecule has 2 aliphatic heterocycles. The number of anilines is 1. The third kappa shape index (κ3) is 4.48. The summed E-state index contributed by atoms with van der Waals surface area (Å²) in [6.45, 7) is 0.502. The first-order valence-corrected chi connectivity index (χ1v) is 10.3. The predicted octanol–water partition coefficient (Wildman–Crippen LogP) is 2.56. The first-order chi connectivity index (χ1) is 15.5. The second-order valence-corrected chi connectivity index (χ2v) is 7.83. The molecule has 0 spiro atoms. The van der Waals surface area contributed by atoms with Crippen molar-refractivity contribution < 1.29 is 23.0 Å². The van der Waals surface area contributed by atoms with Gasteiger partial charge < -0.3 is 19.3 Å². The second-order valence-electron chi connectivity index (χ2n) is 7.83. The van der Waals surface area contributed by atoms with E-state index in [1.807, 2.05) is 6.07 Å². The van der Waals surface area contributed by atoms with Crippen molar-refractivity contribution in [1.82, 2.24) is 14.9 Å². The number of alkyl halides is 2. The Bertz CT molecular complexity index is 984. The molecule has 2 bridgehead atoms. The summed E-state index contributed by atoms with van der Waals surface area (Å²) in [6.07, 6.45) is 1.67. The van der Waals surface area contributed by atoms with Crippen molar-refractivity contribution >= 4 is 11.7 Å². The molecule has 2 aromatic heterocycles. The molecule has 0 radical (unpaired) electrons. The van der Waals surface area contributed by atoms with Gasteiger partial charge in [0.05, 0.1) is 18.9 Å². The number of halogens is 2. The molecular formula is C22H23F2N5O3. The monoisotopic (exact) mass is 443 g/mol. The zero-order valence-electron chi connectivity index (χ0n) is 17.5. The summed E-state index contributed by atoms with van der Waals surface area (Å²) in [5.41, 5.74) is 0.649. The van der Waals surface area contributed by atoms with E-state index in [1.165, 1.54) is 31.8 Å². The third-order valence-corrected chi connectivity index (χ3v) is 5.89. The first kappa shape index (κ1) is 21.9. The van der Waals surface area contributed by atoms with E-state index >= 15 is 0 Å². The first-order valence-electron chi connectivity index (χ1n) is 10.3. The Hall–Kier alpha value is -3.32. The van der Waals surface area contributed by atoms with Crippen molar-refractivity contribution in [3.63, 3.8) is 0 Å². The molecule has 0 aromatic carbocycles. The number of fused-ring (bicyclic) bond motifs is 2. The van der Waals surface area contributed by atoms with E-state index in [-0.39, 0.29) is 23.6 Å². The Morgan fingerprint density at radius 2 is 2.00 bits per heavy atom. The molecule has 2 unspecified atom stereocenters. The maximum absolute atomic E-state index is 13.6. The summed E-state index contributed by atoms with van der Waals surface area (Å²) < 4.78 is 37.5. The molecule has 0 saturated carbocycles. The van der Waals surface area contributed by atoms with Gasteiger partial charge in [-0.3, -0.25) is 9.78 Å². The van der Waals surface area contributed by atoms with Crippen molar-refractivity contribution in [2.75, 3.05) is 31.7 Å². The Kier molecular flexibility index (Phi) is 6.46. The van der Waals surface area contributed by atoms with E-state index in [0.29, 0.717) is 24.4 Å². The number of nitrogens with zero attached hydrogens (tertiary/aromatic N) is 5. The van der Waals surface area contributed by atoms with Crippen LogP contribution < -0.4 is 9.64 Å². The van der Waals surface area contributed by atoms with E-state index in [0.717, 1.165) is 18.7 Å². The normalized spacial score (nSPS) is 20.8. The fraction of sp³-hybridized carbons (Fsp3) is 0.455. The topological polar surface area (TPSA) is 91.6 Å². The highest BCUT2D eigenvalue weighted by molar-refractivity contribution is 5.78. The van der Waals surface area contributed by atoms with Gasteiger partial charge in [-0.15, -0.1) is 0 Å². The Balaban J connectivity index is 1.39. The molecule has 2 aromatic rings. The van der Waals surface area contributed by atoms with Gasteiger partial charge in [0.15, 0.2) is 0 Å². The quantitative estimate of drug-likeness (QED) is 0.650. The number of pyridine rings is 2. The highest BCUT2D eigenvalue weighted by atomic mass is 19.3. The van der Waals surface area contributed by atoms with Gasteiger partial charge in [0.25, 0.3) is 6.43 Å². The van der Waals surface area contributed by atoms with Crippen molar-refractivity contribution in [3.8, 4) is 11.8 Å². The van der Waals surface area contributed by atoms with Gasteiger partial charge in [-0.25, -0.2) is 13.8 Å². The van der Waals surface area contributed by atoms with Crippen LogP contribution in [0.25, 0.3) is 0 Å². The third-order valence-electron chi connectivity index (χ3n) is 5.89. The lowest BCUT2D eigenvalue weighted by Gasteiger charge is -2.41. The Labute approximate surface area is 184 Å². The number of carbonyl (C=O) groups is 1. The minimum Gasteiger partial charge on any atom is -0.495 e. The summed E-state index contributed by atoms with van der Waals surface area (Å²) in [6, 6.07) is 7.21. The van der Waals surface area contributed by atoms with Crippen molar-refractivity contribution in [2.24, 2.45) is 0 Å². The van der Waals surface area contributed by atoms with E-state index in [4.69, 9.17) is 14.7 Å². The SMILES string of the molecule is COc1cncc(C(OCC(=O)N2CC3CC[C@@H](C2)N3c2ccc(C#N)cn2)C(F)F)c1. The molecule has 1 amide bonds. The average molecular weight is 443 g/mol. The van der Waals surface area contributed by atoms with Crippen LogP contribution in [0.3, 0.4) is 0 Å². The number of piperazine rings is 1. The number of rotatable bonds is 7. The van der Waals surface area contributed by atoms with Crippen molar-refractivity contribution in [1.29, 1.82) is 5.26 Å². The second kappa shape index (κ2) is 9.44. The lowest BCUT2D eigenvalue weighted by molar-refractivity contribution is -0.143. The van der Waals surface area contributed by atoms with Crippen molar-refractivity contribution in [3.05, 3.63) is 47.9 Å². The maximum Gasteiger partial charge on any atom is 0.268 e. The van der Waals surface area contributed by atoms with Crippen LogP contribution >= 0.6 is 0 Å². The fourth-order valence-corrected chi connectivity index (χ4v) is 4.36. The van der Waals surface area contributed by atoms with Gasteiger partial charge >= 0.3 is 0 Å². The molecule has 4 rings (SSSR count). The van der Waals surface area contributed by atoms with Gasteiger partial charge in [0, 0.05) is 43.1 Å². The van der Waals surface area contributed by atoms with Crippen LogP contribution in [0, 0.1) is 11.3 Å². The number of carbonyl (C=O) groups excluding carboxylic acids is 1. The highest BCUT2D eigenvalue weighted by Gasteiger charge is 2.42. The molecule has 168 valence electrons. The van der Waals surface area contributed by atoms with E-state index in [2.05, 4.69) is 20.9 Å². The summed E-state index contributed by atoms with van der Waals surface area (Å²) in [7, 11) is 1.42. The molecule has 3 atom stereocenters. The molecule has 2 fully saturated rings. The Morgan fingerprint density at radius 3 is 2.59 bits per heavy atom. The summed E-state index contributed by atoms with van der Waals surface area (Å²) >= 11 is 0. The molecule has 10 heteroatoms. The molecule has 2 aliphatic rings. The van der Waals surface area contributed by atoms with Crippen LogP contribution in [-0.2, 0) is 9.53 Å². The number of hydrogen-bond donors (Lipinski definition) is 0. The van der Waals surface area contributed by atoms with E-state index in [1.54, 1.807) is 11.0 Å². The number of ether oxygens (including phenoxy) is 2. The number of amides is 1. The van der Waals surface area contributed by atoms with Gasteiger partial charge in [0.2, 0.25) is 5.91 Å².